The highest BCUT2D eigenvalue weighted by Crippen LogP contribution is 2.30. The lowest BCUT2D eigenvalue weighted by molar-refractivity contribution is 0.0915. The molecule has 1 aromatic carbocycles. The van der Waals surface area contributed by atoms with E-state index in [4.69, 9.17) is 4.74 Å². The first-order chi connectivity index (χ1) is 7.18. The van der Waals surface area contributed by atoms with Crippen molar-refractivity contribution >= 4 is 15.9 Å². The molecule has 0 aliphatic carbocycles. The quantitative estimate of drug-likeness (QED) is 0.899. The molecular formula is C11H12BrFO2. The van der Waals surface area contributed by atoms with E-state index in [1.54, 1.807) is 12.1 Å². The summed E-state index contributed by atoms with van der Waals surface area (Å²) in [5.41, 5.74) is 0.617. The minimum atomic E-state index is -0.630. The fourth-order valence-electron chi connectivity index (χ4n) is 1.77. The summed E-state index contributed by atoms with van der Waals surface area (Å²) in [4.78, 5) is 0. The molecule has 2 rings (SSSR count). The van der Waals surface area contributed by atoms with Gasteiger partial charge in [-0.2, -0.15) is 0 Å². The molecule has 1 N–H and O–H groups in total. The van der Waals surface area contributed by atoms with E-state index in [0.29, 0.717) is 23.2 Å². The van der Waals surface area contributed by atoms with E-state index in [0.717, 1.165) is 6.42 Å². The third-order valence-corrected chi connectivity index (χ3v) is 3.34. The Kier molecular flexibility index (Phi) is 3.38. The summed E-state index contributed by atoms with van der Waals surface area (Å²) in [5.74, 6) is -0.254. The van der Waals surface area contributed by atoms with Crippen molar-refractivity contribution < 1.29 is 14.2 Å². The summed E-state index contributed by atoms with van der Waals surface area (Å²) >= 11 is 3.08. The number of benzene rings is 1. The predicted octanol–water partition coefficient (Wildman–Crippen LogP) is 2.66. The van der Waals surface area contributed by atoms with Crippen molar-refractivity contribution in [1.29, 1.82) is 0 Å². The maximum atomic E-state index is 13.2. The fraction of sp³-hybridized carbons (Fsp3) is 0.455. The van der Waals surface area contributed by atoms with Gasteiger partial charge in [0.15, 0.2) is 0 Å². The second-order valence-corrected chi connectivity index (χ2v) is 4.60. The SMILES string of the molecule is OC(c1ccc(Br)c(F)c1)C1CCOC1. The lowest BCUT2D eigenvalue weighted by atomic mass is 9.95. The lowest BCUT2D eigenvalue weighted by Crippen LogP contribution is -2.12. The Morgan fingerprint density at radius 2 is 2.33 bits per heavy atom. The molecular weight excluding hydrogens is 263 g/mol. The molecule has 1 heterocycles. The first kappa shape index (κ1) is 11.0. The highest BCUT2D eigenvalue weighted by atomic mass is 79.9. The first-order valence-corrected chi connectivity index (χ1v) is 5.68. The van der Waals surface area contributed by atoms with E-state index < -0.39 is 6.10 Å². The van der Waals surface area contributed by atoms with E-state index in [2.05, 4.69) is 15.9 Å². The van der Waals surface area contributed by atoms with Gasteiger partial charge in [0.2, 0.25) is 0 Å². The van der Waals surface area contributed by atoms with Crippen LogP contribution in [0.4, 0.5) is 4.39 Å². The molecule has 2 atom stereocenters. The van der Waals surface area contributed by atoms with Gasteiger partial charge in [0, 0.05) is 12.5 Å². The monoisotopic (exact) mass is 274 g/mol. The predicted molar refractivity (Wildman–Crippen MR) is 58.0 cm³/mol. The van der Waals surface area contributed by atoms with E-state index in [1.807, 2.05) is 0 Å². The van der Waals surface area contributed by atoms with Gasteiger partial charge in [-0.15, -0.1) is 0 Å². The van der Waals surface area contributed by atoms with Crippen LogP contribution in [0.15, 0.2) is 22.7 Å². The van der Waals surface area contributed by atoms with Gasteiger partial charge in [-0.1, -0.05) is 6.07 Å². The highest BCUT2D eigenvalue weighted by Gasteiger charge is 2.25. The molecule has 1 aliphatic rings. The van der Waals surface area contributed by atoms with Gasteiger partial charge >= 0.3 is 0 Å². The van der Waals surface area contributed by atoms with Crippen LogP contribution in [0, 0.1) is 11.7 Å². The molecule has 2 nitrogen and oxygen atoms in total. The molecule has 0 bridgehead atoms. The van der Waals surface area contributed by atoms with Gasteiger partial charge in [-0.25, -0.2) is 4.39 Å². The van der Waals surface area contributed by atoms with Crippen molar-refractivity contribution in [2.24, 2.45) is 5.92 Å². The summed E-state index contributed by atoms with van der Waals surface area (Å²) in [6, 6.07) is 4.72. The van der Waals surface area contributed by atoms with Crippen molar-refractivity contribution in [1.82, 2.24) is 0 Å². The van der Waals surface area contributed by atoms with Gasteiger partial charge in [-0.05, 0) is 40.0 Å². The molecule has 4 heteroatoms. The molecule has 1 aromatic rings. The first-order valence-electron chi connectivity index (χ1n) is 4.89. The van der Waals surface area contributed by atoms with Crippen molar-refractivity contribution in [3.8, 4) is 0 Å². The number of ether oxygens (including phenoxy) is 1. The zero-order valence-electron chi connectivity index (χ0n) is 8.12. The smallest absolute Gasteiger partial charge is 0.137 e. The maximum Gasteiger partial charge on any atom is 0.137 e. The molecule has 1 fully saturated rings. The molecule has 1 saturated heterocycles. The number of aliphatic hydroxyl groups excluding tert-OH is 1. The van der Waals surface area contributed by atoms with Gasteiger partial charge < -0.3 is 9.84 Å². The van der Waals surface area contributed by atoms with Crippen molar-refractivity contribution in [2.45, 2.75) is 12.5 Å². The number of hydrogen-bond donors (Lipinski definition) is 1. The summed E-state index contributed by atoms with van der Waals surface area (Å²) < 4.78 is 18.8. The topological polar surface area (TPSA) is 29.5 Å². The van der Waals surface area contributed by atoms with Gasteiger partial charge in [-0.3, -0.25) is 0 Å². The molecule has 0 amide bonds. The van der Waals surface area contributed by atoms with Gasteiger partial charge in [0.05, 0.1) is 17.2 Å². The van der Waals surface area contributed by atoms with Crippen LogP contribution >= 0.6 is 15.9 Å². The highest BCUT2D eigenvalue weighted by molar-refractivity contribution is 9.10. The Morgan fingerprint density at radius 1 is 1.53 bits per heavy atom. The van der Waals surface area contributed by atoms with Crippen LogP contribution in [0.3, 0.4) is 0 Å². The summed E-state index contributed by atoms with van der Waals surface area (Å²) in [5, 5.41) is 9.97. The third kappa shape index (κ3) is 2.38. The second-order valence-electron chi connectivity index (χ2n) is 3.74. The van der Waals surface area contributed by atoms with Crippen LogP contribution < -0.4 is 0 Å². The normalized spacial score (nSPS) is 23.0. The van der Waals surface area contributed by atoms with E-state index in [1.165, 1.54) is 6.07 Å². The maximum absolute atomic E-state index is 13.2. The standard InChI is InChI=1S/C11H12BrFO2/c12-9-2-1-7(5-10(9)13)11(14)8-3-4-15-6-8/h1-2,5,8,11,14H,3-4,6H2. The van der Waals surface area contributed by atoms with Crippen LogP contribution in [0.25, 0.3) is 0 Å². The zero-order valence-corrected chi connectivity index (χ0v) is 9.71. The zero-order chi connectivity index (χ0) is 10.8. The third-order valence-electron chi connectivity index (χ3n) is 2.70. The molecule has 0 spiro atoms. The Hall–Kier alpha value is -0.450. The van der Waals surface area contributed by atoms with Crippen molar-refractivity contribution in [3.63, 3.8) is 0 Å². The summed E-state index contributed by atoms with van der Waals surface area (Å²) in [6.45, 7) is 1.24. The Morgan fingerprint density at radius 3 is 2.93 bits per heavy atom. The second kappa shape index (κ2) is 4.60. The fourth-order valence-corrected chi connectivity index (χ4v) is 2.02. The van der Waals surface area contributed by atoms with E-state index in [9.17, 15) is 9.50 Å². The van der Waals surface area contributed by atoms with Crippen molar-refractivity contribution in [3.05, 3.63) is 34.1 Å². The number of hydrogen-bond acceptors (Lipinski definition) is 2. The summed E-state index contributed by atoms with van der Waals surface area (Å²) in [7, 11) is 0. The minimum Gasteiger partial charge on any atom is -0.388 e. The average Bonchev–Trinajstić information content (AvgIpc) is 2.74. The van der Waals surface area contributed by atoms with Crippen molar-refractivity contribution in [2.75, 3.05) is 13.2 Å². The molecule has 2 unspecified atom stereocenters. The Labute approximate surface area is 96.2 Å². The largest absolute Gasteiger partial charge is 0.388 e. The summed E-state index contributed by atoms with van der Waals surface area (Å²) in [6.07, 6.45) is 0.203. The molecule has 0 saturated carbocycles. The number of aliphatic hydroxyl groups is 1. The van der Waals surface area contributed by atoms with E-state index in [-0.39, 0.29) is 11.7 Å². The Bertz CT molecular complexity index is 350. The van der Waals surface area contributed by atoms with Gasteiger partial charge in [0.1, 0.15) is 5.82 Å². The molecule has 15 heavy (non-hydrogen) atoms. The lowest BCUT2D eigenvalue weighted by Gasteiger charge is -2.16. The van der Waals surface area contributed by atoms with Gasteiger partial charge in [0.25, 0.3) is 0 Å². The van der Waals surface area contributed by atoms with Crippen LogP contribution in [0.2, 0.25) is 0 Å². The van der Waals surface area contributed by atoms with E-state index >= 15 is 0 Å². The minimum absolute atomic E-state index is 0.0885. The molecule has 0 radical (unpaired) electrons. The van der Waals surface area contributed by atoms with Crippen LogP contribution in [0.1, 0.15) is 18.1 Å². The molecule has 0 aromatic heterocycles. The van der Waals surface area contributed by atoms with Crippen LogP contribution in [0.5, 0.6) is 0 Å². The Balaban J connectivity index is 2.17. The number of halogens is 2. The average molecular weight is 275 g/mol. The van der Waals surface area contributed by atoms with Crippen LogP contribution in [-0.2, 0) is 4.74 Å². The molecule has 1 aliphatic heterocycles. The van der Waals surface area contributed by atoms with Crippen LogP contribution in [-0.4, -0.2) is 18.3 Å². The number of rotatable bonds is 2. The molecule has 82 valence electrons.